The maximum Gasteiger partial charge on any atom is 0.260 e. The number of aryl methyl sites for hydroxylation is 1. The van der Waals surface area contributed by atoms with Crippen LogP contribution in [0.3, 0.4) is 0 Å². The molecule has 0 aromatic heterocycles. The molecule has 1 amide bonds. The van der Waals surface area contributed by atoms with Crippen molar-refractivity contribution in [2.24, 2.45) is 5.92 Å². The van der Waals surface area contributed by atoms with Gasteiger partial charge in [0.05, 0.1) is 6.10 Å². The Morgan fingerprint density at radius 2 is 2.20 bits per heavy atom. The lowest BCUT2D eigenvalue weighted by Gasteiger charge is -2.16. The summed E-state index contributed by atoms with van der Waals surface area (Å²) < 4.78 is 5.68. The van der Waals surface area contributed by atoms with E-state index in [1.54, 1.807) is 6.92 Å². The Kier molecular flexibility index (Phi) is 4.65. The number of aliphatic hydroxyl groups is 1. The van der Waals surface area contributed by atoms with Crippen LogP contribution in [-0.2, 0) is 11.2 Å². The van der Waals surface area contributed by atoms with E-state index < -0.39 is 6.10 Å². The molecule has 0 fully saturated rings. The molecule has 0 bridgehead atoms. The Morgan fingerprint density at radius 1 is 1.45 bits per heavy atom. The molecular formula is C16H23NO3. The van der Waals surface area contributed by atoms with Gasteiger partial charge >= 0.3 is 0 Å². The van der Waals surface area contributed by atoms with Crippen LogP contribution in [0, 0.1) is 5.92 Å². The lowest BCUT2D eigenvalue weighted by Crippen LogP contribution is -2.38. The molecule has 4 nitrogen and oxygen atoms in total. The van der Waals surface area contributed by atoms with E-state index >= 15 is 0 Å². The predicted molar refractivity (Wildman–Crippen MR) is 77.7 cm³/mol. The van der Waals surface area contributed by atoms with Gasteiger partial charge in [0.25, 0.3) is 5.91 Å². The first-order chi connectivity index (χ1) is 9.47. The number of benzene rings is 1. The fourth-order valence-electron chi connectivity index (χ4n) is 2.35. The van der Waals surface area contributed by atoms with Crippen LogP contribution in [0.2, 0.25) is 0 Å². The quantitative estimate of drug-likeness (QED) is 0.867. The normalized spacial score (nSPS) is 18.8. The Bertz CT molecular complexity index is 485. The third-order valence-electron chi connectivity index (χ3n) is 3.53. The van der Waals surface area contributed by atoms with E-state index in [0.717, 1.165) is 24.0 Å². The number of carbonyl (C=O) groups is 1. The molecule has 0 saturated heterocycles. The number of aliphatic hydroxyl groups excluding tert-OH is 1. The Hall–Kier alpha value is -1.55. The van der Waals surface area contributed by atoms with Crippen molar-refractivity contribution in [3.63, 3.8) is 0 Å². The highest BCUT2D eigenvalue weighted by molar-refractivity contribution is 5.80. The van der Waals surface area contributed by atoms with Gasteiger partial charge in [0.1, 0.15) is 5.75 Å². The van der Waals surface area contributed by atoms with Crippen LogP contribution in [0.5, 0.6) is 5.75 Å². The molecule has 0 saturated carbocycles. The molecular weight excluding hydrogens is 254 g/mol. The molecule has 0 heterocycles. The largest absolute Gasteiger partial charge is 0.481 e. The molecule has 1 unspecified atom stereocenters. The third kappa shape index (κ3) is 3.51. The molecule has 1 aliphatic rings. The second kappa shape index (κ2) is 6.27. The highest BCUT2D eigenvalue weighted by Gasteiger charge is 2.21. The molecule has 0 spiro atoms. The van der Waals surface area contributed by atoms with Gasteiger partial charge in [-0.15, -0.1) is 0 Å². The summed E-state index contributed by atoms with van der Waals surface area (Å²) in [6, 6.07) is 5.64. The minimum Gasteiger partial charge on any atom is -0.481 e. The monoisotopic (exact) mass is 277 g/mol. The van der Waals surface area contributed by atoms with Crippen molar-refractivity contribution in [3.05, 3.63) is 29.3 Å². The van der Waals surface area contributed by atoms with Gasteiger partial charge in [0.15, 0.2) is 6.10 Å². The second-order valence-electron chi connectivity index (χ2n) is 5.81. The van der Waals surface area contributed by atoms with Gasteiger partial charge in [-0.2, -0.15) is 0 Å². The number of hydrogen-bond acceptors (Lipinski definition) is 3. The Morgan fingerprint density at radius 3 is 2.90 bits per heavy atom. The number of fused-ring (bicyclic) bond motifs is 1. The van der Waals surface area contributed by atoms with Gasteiger partial charge in [0.2, 0.25) is 0 Å². The maximum absolute atomic E-state index is 11.9. The molecule has 0 aliphatic heterocycles. The van der Waals surface area contributed by atoms with E-state index in [4.69, 9.17) is 4.74 Å². The zero-order chi connectivity index (χ0) is 14.7. The van der Waals surface area contributed by atoms with Gasteiger partial charge in [0, 0.05) is 6.54 Å². The van der Waals surface area contributed by atoms with Gasteiger partial charge in [-0.05, 0) is 48.9 Å². The van der Waals surface area contributed by atoms with Gasteiger partial charge in [-0.1, -0.05) is 19.9 Å². The van der Waals surface area contributed by atoms with Crippen LogP contribution in [0.15, 0.2) is 18.2 Å². The van der Waals surface area contributed by atoms with Gasteiger partial charge in [-0.25, -0.2) is 0 Å². The number of amides is 1. The lowest BCUT2D eigenvalue weighted by atomic mass is 10.1. The summed E-state index contributed by atoms with van der Waals surface area (Å²) in [7, 11) is 0. The standard InChI is InChI=1S/C16H23NO3/c1-10(2)9-17-16(19)11(3)20-13-5-6-14-12(8-13)4-7-15(14)18/h5-6,8,10-11,15,18H,4,7,9H2,1-3H3,(H,17,19)/t11?,15-/m1/s1. The molecule has 1 aromatic rings. The van der Waals surface area contributed by atoms with E-state index in [1.165, 1.54) is 0 Å². The first kappa shape index (κ1) is 14.9. The number of hydrogen-bond donors (Lipinski definition) is 2. The van der Waals surface area contributed by atoms with Crippen molar-refractivity contribution >= 4 is 5.91 Å². The summed E-state index contributed by atoms with van der Waals surface area (Å²) in [6.07, 6.45) is 0.758. The second-order valence-corrected chi connectivity index (χ2v) is 5.81. The number of carbonyl (C=O) groups excluding carboxylic acids is 1. The first-order valence-corrected chi connectivity index (χ1v) is 7.22. The molecule has 1 aromatic carbocycles. The first-order valence-electron chi connectivity index (χ1n) is 7.22. The fraction of sp³-hybridized carbons (Fsp3) is 0.562. The molecule has 110 valence electrons. The van der Waals surface area contributed by atoms with Crippen molar-refractivity contribution < 1.29 is 14.6 Å². The Labute approximate surface area is 120 Å². The van der Waals surface area contributed by atoms with Crippen LogP contribution in [-0.4, -0.2) is 23.7 Å². The van der Waals surface area contributed by atoms with E-state index in [-0.39, 0.29) is 12.0 Å². The zero-order valence-corrected chi connectivity index (χ0v) is 12.3. The topological polar surface area (TPSA) is 58.6 Å². The maximum atomic E-state index is 11.9. The average Bonchev–Trinajstić information content (AvgIpc) is 2.77. The van der Waals surface area contributed by atoms with E-state index in [9.17, 15) is 9.90 Å². The van der Waals surface area contributed by atoms with E-state index in [0.29, 0.717) is 18.2 Å². The average molecular weight is 277 g/mol. The van der Waals surface area contributed by atoms with Crippen LogP contribution in [0.1, 0.15) is 44.4 Å². The third-order valence-corrected chi connectivity index (χ3v) is 3.53. The highest BCUT2D eigenvalue weighted by Crippen LogP contribution is 2.33. The van der Waals surface area contributed by atoms with Gasteiger partial charge < -0.3 is 15.2 Å². The molecule has 2 rings (SSSR count). The van der Waals surface area contributed by atoms with E-state index in [1.807, 2.05) is 18.2 Å². The van der Waals surface area contributed by atoms with Crippen molar-refractivity contribution in [1.82, 2.24) is 5.32 Å². The molecule has 4 heteroatoms. The van der Waals surface area contributed by atoms with E-state index in [2.05, 4.69) is 19.2 Å². The smallest absolute Gasteiger partial charge is 0.260 e. The number of rotatable bonds is 5. The fourth-order valence-corrected chi connectivity index (χ4v) is 2.35. The van der Waals surface area contributed by atoms with Crippen molar-refractivity contribution in [2.45, 2.75) is 45.8 Å². The number of ether oxygens (including phenoxy) is 1. The summed E-state index contributed by atoms with van der Waals surface area (Å²) >= 11 is 0. The molecule has 2 N–H and O–H groups in total. The summed E-state index contributed by atoms with van der Waals surface area (Å²) in [5.74, 6) is 1.01. The van der Waals surface area contributed by atoms with Crippen LogP contribution in [0.25, 0.3) is 0 Å². The van der Waals surface area contributed by atoms with Gasteiger partial charge in [-0.3, -0.25) is 4.79 Å². The van der Waals surface area contributed by atoms with Crippen molar-refractivity contribution in [1.29, 1.82) is 0 Å². The summed E-state index contributed by atoms with van der Waals surface area (Å²) in [4.78, 5) is 11.9. The van der Waals surface area contributed by atoms with Crippen LogP contribution < -0.4 is 10.1 Å². The minimum absolute atomic E-state index is 0.0979. The summed E-state index contributed by atoms with van der Waals surface area (Å²) in [5.41, 5.74) is 2.10. The summed E-state index contributed by atoms with van der Waals surface area (Å²) in [5, 5.41) is 12.6. The predicted octanol–water partition coefficient (Wildman–Crippen LogP) is 2.21. The molecule has 1 aliphatic carbocycles. The molecule has 20 heavy (non-hydrogen) atoms. The highest BCUT2D eigenvalue weighted by atomic mass is 16.5. The van der Waals surface area contributed by atoms with Crippen molar-refractivity contribution in [3.8, 4) is 5.75 Å². The zero-order valence-electron chi connectivity index (χ0n) is 12.3. The van der Waals surface area contributed by atoms with Crippen LogP contribution >= 0.6 is 0 Å². The number of nitrogens with one attached hydrogen (secondary N) is 1. The molecule has 0 radical (unpaired) electrons. The van der Waals surface area contributed by atoms with Crippen molar-refractivity contribution in [2.75, 3.05) is 6.54 Å². The lowest BCUT2D eigenvalue weighted by molar-refractivity contribution is -0.127. The summed E-state index contributed by atoms with van der Waals surface area (Å²) in [6.45, 7) is 6.51. The Balaban J connectivity index is 1.95. The minimum atomic E-state index is -0.516. The van der Waals surface area contributed by atoms with Crippen LogP contribution in [0.4, 0.5) is 0 Å². The SMILES string of the molecule is CC(C)CNC(=O)C(C)Oc1ccc2c(c1)CC[C@H]2O. The molecule has 2 atom stereocenters.